The summed E-state index contributed by atoms with van der Waals surface area (Å²) in [5.74, 6) is 0. The van der Waals surface area contributed by atoms with E-state index in [4.69, 9.17) is 0 Å². The van der Waals surface area contributed by atoms with Crippen LogP contribution in [-0.4, -0.2) is 0 Å². The Morgan fingerprint density at radius 1 is 0.164 bits per heavy atom. The second-order valence-corrected chi connectivity index (χ2v) is 17.6. The molecule has 304 valence electrons. The van der Waals surface area contributed by atoms with Crippen molar-refractivity contribution >= 4 is 21.5 Å². The third-order valence-electron chi connectivity index (χ3n) is 11.6. The lowest BCUT2D eigenvalue weighted by atomic mass is 9.92. The Balaban J connectivity index is 0.000000144. The Kier molecular flexibility index (Phi) is 12.9. The smallest absolute Gasteiger partial charge is 0.00999 e. The molecule has 0 amide bonds. The molecule has 0 bridgehead atoms. The highest BCUT2D eigenvalue weighted by atomic mass is 14.1. The van der Waals surface area contributed by atoms with E-state index in [1.165, 1.54) is 127 Å². The molecule has 0 saturated carbocycles. The minimum Gasteiger partial charge on any atom is -0.0587 e. The zero-order valence-corrected chi connectivity index (χ0v) is 38.1. The van der Waals surface area contributed by atoms with Crippen LogP contribution in [0.5, 0.6) is 0 Å². The minimum absolute atomic E-state index is 1.25. The quantitative estimate of drug-likeness (QED) is 0.156. The first-order valence-corrected chi connectivity index (χ1v) is 21.6. The van der Waals surface area contributed by atoms with Gasteiger partial charge in [0.15, 0.2) is 0 Å². The molecule has 0 heteroatoms. The largest absolute Gasteiger partial charge is 0.0587 e. The van der Waals surface area contributed by atoms with Gasteiger partial charge in [0.05, 0.1) is 0 Å². The zero-order chi connectivity index (χ0) is 43.4. The Labute approximate surface area is 365 Å². The van der Waals surface area contributed by atoms with Gasteiger partial charge in [-0.2, -0.15) is 0 Å². The Morgan fingerprint density at radius 2 is 0.410 bits per heavy atom. The molecule has 9 aromatic carbocycles. The molecule has 61 heavy (non-hydrogen) atoms. The molecule has 0 aromatic heterocycles. The van der Waals surface area contributed by atoms with Crippen LogP contribution >= 0.6 is 0 Å². The standard InChI is InChI=1S/C27H24.C18H18.C16H18/c1-19-4-10-22(11-5-19)25-16-26(23-12-6-20(2)7-13-23)18-27(17-25)24-14-8-21(3)9-15-24;1-11-7-13(3)15-5-6-16-14(4)8-12(2)10-18(16)17(15)9-11;1-11-5-12(2)8-15(7-11)16-9-13(3)6-14(4)10-16/h4-18H,1-3H3;5-10H,1-4H3;5-10H,1-4H3. The van der Waals surface area contributed by atoms with Gasteiger partial charge in [-0.1, -0.05) is 196 Å². The van der Waals surface area contributed by atoms with Crippen molar-refractivity contribution < 1.29 is 0 Å². The van der Waals surface area contributed by atoms with Crippen LogP contribution in [-0.2, 0) is 0 Å². The normalized spacial score (nSPS) is 10.9. The third-order valence-corrected chi connectivity index (χ3v) is 11.6. The van der Waals surface area contributed by atoms with Gasteiger partial charge in [0.2, 0.25) is 0 Å². The van der Waals surface area contributed by atoms with Gasteiger partial charge in [-0.05, 0) is 172 Å². The van der Waals surface area contributed by atoms with Gasteiger partial charge in [0.1, 0.15) is 0 Å². The predicted molar refractivity (Wildman–Crippen MR) is 268 cm³/mol. The Morgan fingerprint density at radius 3 is 0.689 bits per heavy atom. The van der Waals surface area contributed by atoms with Crippen molar-refractivity contribution in [3.8, 4) is 44.5 Å². The van der Waals surface area contributed by atoms with Crippen molar-refractivity contribution in [2.75, 3.05) is 0 Å². The molecule has 0 N–H and O–H groups in total. The molecule has 0 spiro atoms. The summed E-state index contributed by atoms with van der Waals surface area (Å²) in [7, 11) is 0. The van der Waals surface area contributed by atoms with Crippen LogP contribution < -0.4 is 0 Å². The van der Waals surface area contributed by atoms with Crippen LogP contribution in [0.25, 0.3) is 66.1 Å². The topological polar surface area (TPSA) is 0 Å². The van der Waals surface area contributed by atoms with Crippen LogP contribution in [0, 0.1) is 76.2 Å². The predicted octanol–water partition coefficient (Wildman–Crippen LogP) is 17.4. The van der Waals surface area contributed by atoms with Gasteiger partial charge in [-0.3, -0.25) is 0 Å². The fourth-order valence-electron chi connectivity index (χ4n) is 8.66. The second-order valence-electron chi connectivity index (χ2n) is 17.6. The Bertz CT molecular complexity index is 2660. The lowest BCUT2D eigenvalue weighted by Crippen LogP contribution is -1.87. The Hall–Kier alpha value is -6.50. The molecule has 0 heterocycles. The minimum atomic E-state index is 1.25. The molecule has 0 aliphatic heterocycles. The summed E-state index contributed by atoms with van der Waals surface area (Å²) in [6, 6.07) is 60.3. The lowest BCUT2D eigenvalue weighted by Gasteiger charge is -2.12. The molecule has 0 nitrogen and oxygen atoms in total. The van der Waals surface area contributed by atoms with E-state index in [1.807, 2.05) is 0 Å². The first-order chi connectivity index (χ1) is 29.2. The van der Waals surface area contributed by atoms with E-state index in [9.17, 15) is 0 Å². The fourth-order valence-corrected chi connectivity index (χ4v) is 8.66. The van der Waals surface area contributed by atoms with Gasteiger partial charge in [0, 0.05) is 0 Å². The van der Waals surface area contributed by atoms with Crippen molar-refractivity contribution in [3.63, 3.8) is 0 Å². The fraction of sp³-hybridized carbons (Fsp3) is 0.180. The van der Waals surface area contributed by atoms with E-state index in [2.05, 4.69) is 240 Å². The molecule has 0 aliphatic carbocycles. The van der Waals surface area contributed by atoms with E-state index >= 15 is 0 Å². The van der Waals surface area contributed by atoms with Crippen molar-refractivity contribution in [2.24, 2.45) is 0 Å². The first-order valence-electron chi connectivity index (χ1n) is 21.6. The average molecular weight is 793 g/mol. The molecule has 9 aromatic rings. The molecular weight excluding hydrogens is 733 g/mol. The molecule has 0 aliphatic rings. The molecule has 0 saturated heterocycles. The van der Waals surface area contributed by atoms with Gasteiger partial charge >= 0.3 is 0 Å². The number of hydrogen-bond acceptors (Lipinski definition) is 0. The molecule has 0 fully saturated rings. The van der Waals surface area contributed by atoms with Crippen LogP contribution in [0.4, 0.5) is 0 Å². The van der Waals surface area contributed by atoms with Crippen molar-refractivity contribution in [2.45, 2.75) is 76.2 Å². The van der Waals surface area contributed by atoms with Crippen molar-refractivity contribution in [1.29, 1.82) is 0 Å². The SMILES string of the molecule is Cc1cc(C)c2ccc3c(C)cc(C)cc3c2c1.Cc1cc(C)cc(-c2cc(C)cc(C)c2)c1.Cc1ccc(-c2cc(-c3ccc(C)cc3)cc(-c3ccc(C)cc3)c2)cc1. The maximum absolute atomic E-state index is 2.31. The molecular formula is C61H60. The van der Waals surface area contributed by atoms with Gasteiger partial charge in [0.25, 0.3) is 0 Å². The van der Waals surface area contributed by atoms with Crippen LogP contribution in [0.3, 0.4) is 0 Å². The van der Waals surface area contributed by atoms with E-state index in [0.717, 1.165) is 0 Å². The summed E-state index contributed by atoms with van der Waals surface area (Å²) >= 11 is 0. The maximum Gasteiger partial charge on any atom is -0.00999 e. The summed E-state index contributed by atoms with van der Waals surface area (Å²) < 4.78 is 0. The summed E-state index contributed by atoms with van der Waals surface area (Å²) in [5, 5.41) is 5.52. The zero-order valence-electron chi connectivity index (χ0n) is 38.1. The van der Waals surface area contributed by atoms with Gasteiger partial charge < -0.3 is 0 Å². The van der Waals surface area contributed by atoms with Crippen molar-refractivity contribution in [3.05, 3.63) is 225 Å². The van der Waals surface area contributed by atoms with Crippen LogP contribution in [0.1, 0.15) is 61.2 Å². The van der Waals surface area contributed by atoms with E-state index in [1.54, 1.807) is 0 Å². The third kappa shape index (κ3) is 10.5. The highest BCUT2D eigenvalue weighted by Crippen LogP contribution is 2.34. The summed E-state index contributed by atoms with van der Waals surface area (Å²) in [6.07, 6.45) is 0. The number of benzene rings is 9. The highest BCUT2D eigenvalue weighted by molar-refractivity contribution is 6.09. The summed E-state index contributed by atoms with van der Waals surface area (Å²) in [4.78, 5) is 0. The highest BCUT2D eigenvalue weighted by Gasteiger charge is 2.09. The number of rotatable bonds is 4. The summed E-state index contributed by atoms with van der Waals surface area (Å²) in [6.45, 7) is 23.7. The van der Waals surface area contributed by atoms with E-state index in [0.29, 0.717) is 0 Å². The van der Waals surface area contributed by atoms with Gasteiger partial charge in [-0.15, -0.1) is 0 Å². The monoisotopic (exact) mass is 792 g/mol. The number of fused-ring (bicyclic) bond motifs is 3. The molecule has 0 atom stereocenters. The molecule has 0 unspecified atom stereocenters. The first kappa shape index (κ1) is 42.6. The molecule has 9 rings (SSSR count). The van der Waals surface area contributed by atoms with Crippen LogP contribution in [0.2, 0.25) is 0 Å². The second kappa shape index (κ2) is 18.4. The molecule has 0 radical (unpaired) electrons. The lowest BCUT2D eigenvalue weighted by molar-refractivity contribution is 1.35. The van der Waals surface area contributed by atoms with Crippen LogP contribution in [0.15, 0.2) is 164 Å². The van der Waals surface area contributed by atoms with Gasteiger partial charge in [-0.25, -0.2) is 0 Å². The van der Waals surface area contributed by atoms with E-state index < -0.39 is 0 Å². The van der Waals surface area contributed by atoms with Crippen molar-refractivity contribution in [1.82, 2.24) is 0 Å². The average Bonchev–Trinajstić information content (AvgIpc) is 3.21. The maximum atomic E-state index is 2.31. The summed E-state index contributed by atoms with van der Waals surface area (Å²) in [5.41, 5.74) is 24.7. The number of hydrogen-bond donors (Lipinski definition) is 0. The van der Waals surface area contributed by atoms with E-state index in [-0.39, 0.29) is 0 Å². The number of aryl methyl sites for hydroxylation is 11.